The van der Waals surface area contributed by atoms with Gasteiger partial charge in [0.05, 0.1) is 38.2 Å². The maximum absolute atomic E-state index is 14.6. The van der Waals surface area contributed by atoms with Crippen LogP contribution in [0.25, 0.3) is 5.57 Å². The lowest BCUT2D eigenvalue weighted by molar-refractivity contribution is 0.145. The second-order valence-electron chi connectivity index (χ2n) is 7.98. The van der Waals surface area contributed by atoms with E-state index >= 15 is 0 Å². The summed E-state index contributed by atoms with van der Waals surface area (Å²) in [5.41, 5.74) is 2.27. The summed E-state index contributed by atoms with van der Waals surface area (Å²) in [6.07, 6.45) is -0.168. The molecule has 3 aromatic rings. The Morgan fingerprint density at radius 1 is 0.895 bits per heavy atom. The Morgan fingerprint density at radius 2 is 1.42 bits per heavy atom. The van der Waals surface area contributed by atoms with Crippen LogP contribution in [0.1, 0.15) is 24.0 Å². The van der Waals surface area contributed by atoms with Crippen LogP contribution < -0.4 is 4.90 Å². The first-order chi connectivity index (χ1) is 18.3. The van der Waals surface area contributed by atoms with Crippen LogP contribution in [0.3, 0.4) is 0 Å². The largest absolute Gasteiger partial charge is 0.530 e. The van der Waals surface area contributed by atoms with Crippen molar-refractivity contribution in [2.75, 3.05) is 25.2 Å². The number of halogens is 2. The third-order valence-corrected chi connectivity index (χ3v) is 7.97. The van der Waals surface area contributed by atoms with Crippen LogP contribution in [-0.4, -0.2) is 20.3 Å². The quantitative estimate of drug-likeness (QED) is 0.110. The number of phosphoric acid groups is 1. The molecule has 0 aromatic heterocycles. The second kappa shape index (κ2) is 12.3. The van der Waals surface area contributed by atoms with E-state index in [1.165, 1.54) is 24.3 Å². The molecule has 0 bridgehead atoms. The predicted octanol–water partition coefficient (Wildman–Crippen LogP) is 7.54. The summed E-state index contributed by atoms with van der Waals surface area (Å²) < 4.78 is 59.6. The molecule has 0 radical (unpaired) electrons. The zero-order valence-electron chi connectivity index (χ0n) is 20.3. The SMILES string of the molecule is CN1c2ccc(F)cc2C(=C(OP(=O)(OCCC#N)OCCC#N)Sc2ccccc2)c2cc(F)ccc21. The van der Waals surface area contributed by atoms with Gasteiger partial charge in [-0.25, -0.2) is 13.3 Å². The van der Waals surface area contributed by atoms with Crippen molar-refractivity contribution in [1.29, 1.82) is 10.5 Å². The molecular formula is C27H22F2N3O4PS. The van der Waals surface area contributed by atoms with E-state index in [0.717, 1.165) is 11.8 Å². The topological polar surface area (TPSA) is 95.6 Å². The first-order valence-corrected chi connectivity index (χ1v) is 13.8. The Kier molecular flexibility index (Phi) is 8.83. The van der Waals surface area contributed by atoms with Crippen LogP contribution in [-0.2, 0) is 18.1 Å². The van der Waals surface area contributed by atoms with E-state index in [1.54, 1.807) is 48.3 Å². The average molecular weight is 554 g/mol. The van der Waals surface area contributed by atoms with Gasteiger partial charge in [-0.3, -0.25) is 9.05 Å². The second-order valence-corrected chi connectivity index (χ2v) is 10.6. The Morgan fingerprint density at radius 3 is 1.92 bits per heavy atom. The van der Waals surface area contributed by atoms with Gasteiger partial charge in [0.2, 0.25) is 0 Å². The minimum absolute atomic E-state index is 0.0141. The summed E-state index contributed by atoms with van der Waals surface area (Å²) in [5, 5.41) is 17.9. The smallest absolute Gasteiger partial charge is 0.396 e. The van der Waals surface area contributed by atoms with Crippen molar-refractivity contribution in [2.45, 2.75) is 17.7 Å². The molecule has 0 saturated carbocycles. The molecule has 0 N–H and O–H groups in total. The third-order valence-electron chi connectivity index (χ3n) is 5.46. The van der Waals surface area contributed by atoms with Gasteiger partial charge >= 0.3 is 7.82 Å². The lowest BCUT2D eigenvalue weighted by atomic mass is 9.91. The van der Waals surface area contributed by atoms with E-state index in [1.807, 2.05) is 18.2 Å². The molecule has 0 spiro atoms. The van der Waals surface area contributed by atoms with Crippen molar-refractivity contribution in [3.05, 3.63) is 94.6 Å². The van der Waals surface area contributed by atoms with Crippen molar-refractivity contribution >= 4 is 36.5 Å². The fraction of sp³-hybridized carbons (Fsp3) is 0.185. The fourth-order valence-corrected chi connectivity index (χ4v) is 6.16. The number of anilines is 2. The number of nitrogens with zero attached hydrogens (tertiary/aromatic N) is 3. The highest BCUT2D eigenvalue weighted by Crippen LogP contribution is 2.57. The molecule has 4 rings (SSSR count). The summed E-state index contributed by atoms with van der Waals surface area (Å²) in [5.74, 6) is -1.06. The molecule has 1 heterocycles. The number of hydrogen-bond donors (Lipinski definition) is 0. The molecule has 0 fully saturated rings. The number of rotatable bonds is 10. The third kappa shape index (κ3) is 6.24. The van der Waals surface area contributed by atoms with Crippen LogP contribution in [0, 0.1) is 34.3 Å². The van der Waals surface area contributed by atoms with Crippen LogP contribution in [0.2, 0.25) is 0 Å². The monoisotopic (exact) mass is 553 g/mol. The van der Waals surface area contributed by atoms with E-state index in [9.17, 15) is 13.3 Å². The zero-order chi connectivity index (χ0) is 27.1. The van der Waals surface area contributed by atoms with Gasteiger partial charge in [-0.05, 0) is 48.5 Å². The molecule has 0 amide bonds. The fourth-order valence-electron chi connectivity index (χ4n) is 3.81. The number of nitriles is 2. The van der Waals surface area contributed by atoms with Gasteiger partial charge in [-0.1, -0.05) is 30.0 Å². The minimum Gasteiger partial charge on any atom is -0.396 e. The maximum Gasteiger partial charge on any atom is 0.530 e. The van der Waals surface area contributed by atoms with Crippen molar-refractivity contribution in [3.63, 3.8) is 0 Å². The van der Waals surface area contributed by atoms with Crippen molar-refractivity contribution < 1.29 is 26.9 Å². The van der Waals surface area contributed by atoms with Crippen molar-refractivity contribution in [1.82, 2.24) is 0 Å². The summed E-state index contributed by atoms with van der Waals surface area (Å²) in [6, 6.07) is 21.2. The Balaban J connectivity index is 1.94. The summed E-state index contributed by atoms with van der Waals surface area (Å²) >= 11 is 1.07. The highest BCUT2D eigenvalue weighted by Gasteiger charge is 2.35. The van der Waals surface area contributed by atoms with Gasteiger partial charge in [0.15, 0.2) is 5.09 Å². The molecule has 11 heteroatoms. The first kappa shape index (κ1) is 27.4. The van der Waals surface area contributed by atoms with Crippen LogP contribution >= 0.6 is 19.6 Å². The summed E-state index contributed by atoms with van der Waals surface area (Å²) in [4.78, 5) is 2.48. The van der Waals surface area contributed by atoms with Gasteiger partial charge < -0.3 is 9.42 Å². The predicted molar refractivity (Wildman–Crippen MR) is 140 cm³/mol. The molecule has 0 aliphatic carbocycles. The molecule has 0 saturated heterocycles. The number of benzene rings is 3. The van der Waals surface area contributed by atoms with E-state index in [2.05, 4.69) is 0 Å². The van der Waals surface area contributed by atoms with Gasteiger partial charge in [-0.2, -0.15) is 10.5 Å². The molecule has 3 aromatic carbocycles. The summed E-state index contributed by atoms with van der Waals surface area (Å²) in [6.45, 7) is -0.504. The van der Waals surface area contributed by atoms with Crippen LogP contribution in [0.5, 0.6) is 0 Å². The molecule has 194 valence electrons. The Bertz CT molecular complexity index is 1410. The van der Waals surface area contributed by atoms with E-state index < -0.39 is 19.5 Å². The van der Waals surface area contributed by atoms with E-state index in [4.69, 9.17) is 24.1 Å². The lowest BCUT2D eigenvalue weighted by Crippen LogP contribution is -2.19. The zero-order valence-corrected chi connectivity index (χ0v) is 22.0. The highest BCUT2D eigenvalue weighted by molar-refractivity contribution is 8.03. The minimum atomic E-state index is -4.38. The molecule has 38 heavy (non-hydrogen) atoms. The van der Waals surface area contributed by atoms with Crippen molar-refractivity contribution in [3.8, 4) is 12.1 Å². The number of fused-ring (bicyclic) bond motifs is 2. The molecule has 1 aliphatic heterocycles. The highest BCUT2D eigenvalue weighted by atomic mass is 32.2. The molecule has 1 aliphatic rings. The van der Waals surface area contributed by atoms with Gasteiger partial charge in [0, 0.05) is 40.0 Å². The van der Waals surface area contributed by atoms with E-state index in [-0.39, 0.29) is 36.7 Å². The molecule has 0 atom stereocenters. The van der Waals surface area contributed by atoms with Crippen LogP contribution in [0.15, 0.2) is 76.7 Å². The van der Waals surface area contributed by atoms with E-state index in [0.29, 0.717) is 27.4 Å². The average Bonchev–Trinajstić information content (AvgIpc) is 2.89. The van der Waals surface area contributed by atoms with Gasteiger partial charge in [-0.15, -0.1) is 0 Å². The number of hydrogen-bond acceptors (Lipinski definition) is 8. The first-order valence-electron chi connectivity index (χ1n) is 11.5. The normalized spacial score (nSPS) is 12.2. The standard InChI is InChI=1S/C27H22F2N3O4PS/c1-32-24-11-9-19(28)17-22(24)26(23-18-20(29)10-12-25(23)32)27(38-21-7-3-2-4-8-21)36-37(33,34-15-5-13-30)35-16-6-14-31/h2-4,7-12,17-18H,5-6,15-16H2,1H3. The number of thioether (sulfide) groups is 1. The number of phosphoric ester groups is 1. The Labute approximate surface area is 223 Å². The molecular weight excluding hydrogens is 531 g/mol. The molecule has 0 unspecified atom stereocenters. The lowest BCUT2D eigenvalue weighted by Gasteiger charge is -2.33. The Hall–Kier alpha value is -3.66. The summed E-state index contributed by atoms with van der Waals surface area (Å²) in [7, 11) is -2.61. The van der Waals surface area contributed by atoms with Gasteiger partial charge in [0.1, 0.15) is 11.6 Å². The van der Waals surface area contributed by atoms with Crippen LogP contribution in [0.4, 0.5) is 20.2 Å². The van der Waals surface area contributed by atoms with Gasteiger partial charge in [0.25, 0.3) is 0 Å². The van der Waals surface area contributed by atoms with Crippen molar-refractivity contribution in [2.24, 2.45) is 0 Å². The maximum atomic E-state index is 14.6. The molecule has 7 nitrogen and oxygen atoms in total.